The Morgan fingerprint density at radius 3 is 2.48 bits per heavy atom. The van der Waals surface area contributed by atoms with E-state index in [1.165, 1.54) is 19.4 Å². The molecule has 144 valence electrons. The van der Waals surface area contributed by atoms with Gasteiger partial charge in [-0.25, -0.2) is 4.98 Å². The molecular weight excluding hydrogens is 450 g/mol. The zero-order valence-corrected chi connectivity index (χ0v) is 16.7. The highest BCUT2D eigenvalue weighted by Gasteiger charge is 2.57. The Hall–Kier alpha value is -1.04. The van der Waals surface area contributed by atoms with Gasteiger partial charge in [0, 0.05) is 45.5 Å². The Morgan fingerprint density at radius 1 is 1.40 bits per heavy atom. The van der Waals surface area contributed by atoms with E-state index in [1.54, 1.807) is 0 Å². The maximum Gasteiger partial charge on any atom is 0.424 e. The Kier molecular flexibility index (Phi) is 7.54. The number of hydrogen-bond donors (Lipinski definition) is 2. The molecule has 2 rings (SSSR count). The highest BCUT2D eigenvalue weighted by molar-refractivity contribution is 14.0. The summed E-state index contributed by atoms with van der Waals surface area (Å²) in [6.45, 7) is 3.42. The number of likely N-dealkylation sites (tertiary alicyclic amines) is 1. The summed E-state index contributed by atoms with van der Waals surface area (Å²) in [7, 11) is 1.41. The number of alkyl halides is 3. The first-order valence-corrected chi connectivity index (χ1v) is 7.97. The van der Waals surface area contributed by atoms with Crippen molar-refractivity contribution in [3.8, 4) is 0 Å². The van der Waals surface area contributed by atoms with Crippen molar-refractivity contribution in [2.45, 2.75) is 38.0 Å². The molecule has 3 N–H and O–H groups in total. The van der Waals surface area contributed by atoms with Crippen molar-refractivity contribution in [3.63, 3.8) is 0 Å². The lowest BCUT2D eigenvalue weighted by Gasteiger charge is -2.32. The zero-order valence-electron chi connectivity index (χ0n) is 14.3. The molecule has 0 saturated carbocycles. The average Bonchev–Trinajstić information content (AvgIpc) is 2.93. The Bertz CT molecular complexity index is 584. The third-order valence-electron chi connectivity index (χ3n) is 4.52. The largest absolute Gasteiger partial charge is 0.424 e. The van der Waals surface area contributed by atoms with Crippen LogP contribution >= 0.6 is 24.0 Å². The molecule has 1 aromatic rings. The summed E-state index contributed by atoms with van der Waals surface area (Å²) in [5.74, 6) is 0.398. The number of halogens is 4. The Morgan fingerprint density at radius 2 is 2.00 bits per heavy atom. The molecule has 1 unspecified atom stereocenters. The van der Waals surface area contributed by atoms with Gasteiger partial charge in [-0.15, -0.1) is 24.0 Å². The molecule has 0 amide bonds. The smallest absolute Gasteiger partial charge is 0.374 e. The van der Waals surface area contributed by atoms with Crippen molar-refractivity contribution in [3.05, 3.63) is 18.2 Å². The predicted molar refractivity (Wildman–Crippen MR) is 99.7 cm³/mol. The van der Waals surface area contributed by atoms with E-state index >= 15 is 0 Å². The second kappa shape index (κ2) is 8.56. The van der Waals surface area contributed by atoms with Gasteiger partial charge in [-0.1, -0.05) is 6.92 Å². The number of aryl methyl sites for hydroxylation is 1. The van der Waals surface area contributed by atoms with Crippen LogP contribution in [0, 0.1) is 5.92 Å². The molecule has 1 fully saturated rings. The SMILES string of the molecule is CC1CCN(C(N)=NCCC(O)(c2nccn2C)C(F)(F)F)CC1.I. The van der Waals surface area contributed by atoms with Crippen LogP contribution in [0.15, 0.2) is 17.4 Å². The number of guanidine groups is 1. The average molecular weight is 475 g/mol. The van der Waals surface area contributed by atoms with Gasteiger partial charge in [0.2, 0.25) is 5.60 Å². The Balaban J connectivity index is 0.00000312. The molecule has 6 nitrogen and oxygen atoms in total. The first kappa shape index (κ1) is 22.0. The van der Waals surface area contributed by atoms with E-state index in [0.29, 0.717) is 5.92 Å². The lowest BCUT2D eigenvalue weighted by atomic mass is 9.98. The normalized spacial score (nSPS) is 19.4. The quantitative estimate of drug-likeness (QED) is 0.398. The number of rotatable bonds is 4. The van der Waals surface area contributed by atoms with Crippen molar-refractivity contribution in [2.24, 2.45) is 23.7 Å². The monoisotopic (exact) mass is 475 g/mol. The highest BCUT2D eigenvalue weighted by atomic mass is 127. The maximum absolute atomic E-state index is 13.4. The van der Waals surface area contributed by atoms with Gasteiger partial charge in [-0.05, 0) is 18.8 Å². The number of piperidine rings is 1. The summed E-state index contributed by atoms with van der Waals surface area (Å²) in [5, 5.41) is 10.2. The van der Waals surface area contributed by atoms with E-state index in [-0.39, 0.29) is 36.5 Å². The molecule has 0 aromatic carbocycles. The molecule has 1 aromatic heterocycles. The van der Waals surface area contributed by atoms with Gasteiger partial charge in [0.1, 0.15) is 5.82 Å². The summed E-state index contributed by atoms with van der Waals surface area (Å²) in [6, 6.07) is 0. The molecule has 1 aliphatic rings. The maximum atomic E-state index is 13.4. The number of aromatic nitrogens is 2. The van der Waals surface area contributed by atoms with E-state index in [0.717, 1.165) is 30.5 Å². The lowest BCUT2D eigenvalue weighted by molar-refractivity contribution is -0.272. The van der Waals surface area contributed by atoms with Crippen LogP contribution in [0.4, 0.5) is 13.2 Å². The molecule has 0 spiro atoms. The number of nitrogens with zero attached hydrogens (tertiary/aromatic N) is 4. The third kappa shape index (κ3) is 4.99. The van der Waals surface area contributed by atoms with E-state index < -0.39 is 24.0 Å². The van der Waals surface area contributed by atoms with Gasteiger partial charge in [0.15, 0.2) is 5.96 Å². The second-order valence-corrected chi connectivity index (χ2v) is 6.38. The van der Waals surface area contributed by atoms with E-state index in [1.807, 2.05) is 4.90 Å². The second-order valence-electron chi connectivity index (χ2n) is 6.38. The minimum absolute atomic E-state index is 0. The molecule has 10 heteroatoms. The molecule has 2 heterocycles. The van der Waals surface area contributed by atoms with Crippen LogP contribution in [0.25, 0.3) is 0 Å². The highest BCUT2D eigenvalue weighted by Crippen LogP contribution is 2.40. The topological polar surface area (TPSA) is 79.7 Å². The van der Waals surface area contributed by atoms with Crippen molar-refractivity contribution in [1.29, 1.82) is 0 Å². The van der Waals surface area contributed by atoms with Gasteiger partial charge in [0.05, 0.1) is 0 Å². The predicted octanol–water partition coefficient (Wildman–Crippen LogP) is 2.22. The van der Waals surface area contributed by atoms with Crippen LogP contribution in [-0.2, 0) is 12.6 Å². The number of hydrogen-bond acceptors (Lipinski definition) is 3. The Labute approximate surface area is 162 Å². The number of nitrogens with two attached hydrogens (primary N) is 1. The standard InChI is InChI=1S/C15H24F3N5O.HI/c1-11-3-8-23(9-4-11)13(19)21-6-5-14(24,15(16,17)18)12-20-7-10-22(12)2;/h7,10-11,24H,3-6,8-9H2,1-2H3,(H2,19,21);1H. The van der Waals surface area contributed by atoms with Crippen LogP contribution < -0.4 is 5.73 Å². The summed E-state index contributed by atoms with van der Waals surface area (Å²) in [4.78, 5) is 9.56. The first-order valence-electron chi connectivity index (χ1n) is 7.97. The minimum Gasteiger partial charge on any atom is -0.374 e. The number of imidazole rings is 1. The summed E-state index contributed by atoms with van der Waals surface area (Å²) >= 11 is 0. The minimum atomic E-state index is -4.85. The fourth-order valence-electron chi connectivity index (χ4n) is 2.81. The van der Waals surface area contributed by atoms with Crippen LogP contribution in [-0.4, -0.2) is 51.3 Å². The van der Waals surface area contributed by atoms with Crippen LogP contribution in [0.1, 0.15) is 32.0 Å². The summed E-state index contributed by atoms with van der Waals surface area (Å²) in [6.07, 6.45) is -0.938. The van der Waals surface area contributed by atoms with Gasteiger partial charge < -0.3 is 20.3 Å². The van der Waals surface area contributed by atoms with Crippen molar-refractivity contribution in [1.82, 2.24) is 14.5 Å². The third-order valence-corrected chi connectivity index (χ3v) is 4.52. The number of aliphatic imine (C=N–C) groups is 1. The molecule has 0 aliphatic carbocycles. The molecule has 1 atom stereocenters. The van der Waals surface area contributed by atoms with Gasteiger partial charge in [-0.2, -0.15) is 13.2 Å². The number of aliphatic hydroxyl groups is 1. The molecule has 1 aliphatic heterocycles. The fourth-order valence-corrected chi connectivity index (χ4v) is 2.81. The van der Waals surface area contributed by atoms with Crippen LogP contribution in [0.2, 0.25) is 0 Å². The van der Waals surface area contributed by atoms with E-state index in [4.69, 9.17) is 5.73 Å². The van der Waals surface area contributed by atoms with Crippen LogP contribution in [0.3, 0.4) is 0 Å². The molecular formula is C15H25F3IN5O. The van der Waals surface area contributed by atoms with E-state index in [2.05, 4.69) is 16.9 Å². The van der Waals surface area contributed by atoms with Gasteiger partial charge >= 0.3 is 6.18 Å². The van der Waals surface area contributed by atoms with Crippen molar-refractivity contribution >= 4 is 29.9 Å². The lowest BCUT2D eigenvalue weighted by Crippen LogP contribution is -2.45. The van der Waals surface area contributed by atoms with Gasteiger partial charge in [-0.3, -0.25) is 4.99 Å². The fraction of sp³-hybridized carbons (Fsp3) is 0.733. The molecule has 25 heavy (non-hydrogen) atoms. The zero-order chi connectivity index (χ0) is 18.0. The first-order chi connectivity index (χ1) is 11.1. The van der Waals surface area contributed by atoms with Crippen molar-refractivity contribution in [2.75, 3.05) is 19.6 Å². The summed E-state index contributed by atoms with van der Waals surface area (Å²) < 4.78 is 41.3. The van der Waals surface area contributed by atoms with Crippen LogP contribution in [0.5, 0.6) is 0 Å². The van der Waals surface area contributed by atoms with Crippen molar-refractivity contribution < 1.29 is 18.3 Å². The van der Waals surface area contributed by atoms with Gasteiger partial charge in [0.25, 0.3) is 0 Å². The summed E-state index contributed by atoms with van der Waals surface area (Å²) in [5.41, 5.74) is 2.82. The molecule has 0 radical (unpaired) electrons. The molecule has 1 saturated heterocycles. The van der Waals surface area contributed by atoms with E-state index in [9.17, 15) is 18.3 Å². The molecule has 0 bridgehead atoms.